The van der Waals surface area contributed by atoms with Crippen molar-refractivity contribution in [1.29, 1.82) is 0 Å². The lowest BCUT2D eigenvalue weighted by Crippen LogP contribution is -2.29. The van der Waals surface area contributed by atoms with Gasteiger partial charge in [-0.05, 0) is 30.2 Å². The van der Waals surface area contributed by atoms with Gasteiger partial charge >= 0.3 is 0 Å². The average molecular weight is 281 g/mol. The Morgan fingerprint density at radius 2 is 1.81 bits per heavy atom. The van der Waals surface area contributed by atoms with Crippen molar-refractivity contribution in [3.8, 4) is 11.1 Å². The molecule has 108 valence electrons. The van der Waals surface area contributed by atoms with E-state index >= 15 is 0 Å². The molecule has 21 heavy (non-hydrogen) atoms. The van der Waals surface area contributed by atoms with Gasteiger partial charge in [-0.2, -0.15) is 5.10 Å². The average Bonchev–Trinajstić information content (AvgIpc) is 2.48. The van der Waals surface area contributed by atoms with Gasteiger partial charge in [-0.3, -0.25) is 0 Å². The van der Waals surface area contributed by atoms with E-state index in [0.29, 0.717) is 0 Å². The smallest absolute Gasteiger partial charge is 0.217 e. The van der Waals surface area contributed by atoms with Crippen LogP contribution in [0.25, 0.3) is 11.1 Å². The number of rotatable bonds is 3. The predicted molar refractivity (Wildman–Crippen MR) is 88.3 cm³/mol. The first-order valence-electron chi connectivity index (χ1n) is 6.59. The lowest BCUT2D eigenvalue weighted by atomic mass is 10.0. The van der Waals surface area contributed by atoms with Gasteiger partial charge in [-0.1, -0.05) is 42.0 Å². The summed E-state index contributed by atoms with van der Waals surface area (Å²) in [5.74, 6) is 0.278. The third-order valence-corrected chi connectivity index (χ3v) is 3.03. The molecular formula is C16H19N5. The van der Waals surface area contributed by atoms with Gasteiger partial charge in [0.25, 0.3) is 0 Å². The minimum atomic E-state index is 0.278. The van der Waals surface area contributed by atoms with Crippen LogP contribution < -0.4 is 11.5 Å². The number of guanidine groups is 1. The maximum atomic E-state index is 5.81. The van der Waals surface area contributed by atoms with Crippen molar-refractivity contribution in [2.75, 3.05) is 7.05 Å². The third kappa shape index (κ3) is 3.82. The molecule has 0 unspecified atom stereocenters. The second-order valence-corrected chi connectivity index (χ2v) is 4.67. The molecule has 0 saturated carbocycles. The number of aliphatic imine (C=N–C) groups is 1. The summed E-state index contributed by atoms with van der Waals surface area (Å²) < 4.78 is 0. The van der Waals surface area contributed by atoms with E-state index < -0.39 is 0 Å². The highest BCUT2D eigenvalue weighted by Crippen LogP contribution is 2.23. The molecule has 0 radical (unpaired) electrons. The van der Waals surface area contributed by atoms with Crippen molar-refractivity contribution in [3.63, 3.8) is 0 Å². The number of benzene rings is 2. The van der Waals surface area contributed by atoms with Crippen LogP contribution in [-0.2, 0) is 0 Å². The molecule has 0 saturated heterocycles. The number of hydrogen-bond donors (Lipinski definition) is 2. The Labute approximate surface area is 124 Å². The highest BCUT2D eigenvalue weighted by Gasteiger charge is 2.01. The van der Waals surface area contributed by atoms with E-state index in [2.05, 4.69) is 41.3 Å². The second kappa shape index (κ2) is 6.56. The molecule has 2 aromatic rings. The summed E-state index contributed by atoms with van der Waals surface area (Å²) in [5, 5.41) is 5.24. The van der Waals surface area contributed by atoms with Gasteiger partial charge in [-0.25, -0.2) is 10.0 Å². The molecule has 0 fully saturated rings. The van der Waals surface area contributed by atoms with Gasteiger partial charge in [0.05, 0.1) is 5.69 Å². The van der Waals surface area contributed by atoms with E-state index in [9.17, 15) is 0 Å². The molecule has 2 aromatic carbocycles. The lowest BCUT2D eigenvalue weighted by molar-refractivity contribution is 0.540. The Bertz CT molecular complexity index is 659. The Balaban J connectivity index is 2.21. The summed E-state index contributed by atoms with van der Waals surface area (Å²) >= 11 is 0. The summed E-state index contributed by atoms with van der Waals surface area (Å²) in [6, 6.07) is 16.3. The van der Waals surface area contributed by atoms with E-state index in [4.69, 9.17) is 11.5 Å². The summed E-state index contributed by atoms with van der Waals surface area (Å²) in [6.45, 7) is 2.08. The van der Waals surface area contributed by atoms with E-state index in [1.165, 1.54) is 22.5 Å². The van der Waals surface area contributed by atoms with Gasteiger partial charge in [0, 0.05) is 7.05 Å². The minimum Gasteiger partial charge on any atom is -0.388 e. The monoisotopic (exact) mass is 281 g/mol. The molecule has 4 N–H and O–H groups in total. The Morgan fingerprint density at radius 3 is 2.43 bits per heavy atom. The van der Waals surface area contributed by atoms with Crippen molar-refractivity contribution in [3.05, 3.63) is 54.1 Å². The first-order valence-corrected chi connectivity index (χ1v) is 6.59. The summed E-state index contributed by atoms with van der Waals surface area (Å²) in [4.78, 5) is 4.28. The number of hydrogen-bond acceptors (Lipinski definition) is 2. The molecule has 0 amide bonds. The molecule has 0 aliphatic carbocycles. The predicted octanol–water partition coefficient (Wildman–Crippen LogP) is 2.44. The van der Waals surface area contributed by atoms with Crippen LogP contribution in [0.3, 0.4) is 0 Å². The molecule has 0 atom stereocenters. The van der Waals surface area contributed by atoms with Gasteiger partial charge < -0.3 is 11.5 Å². The zero-order valence-electron chi connectivity index (χ0n) is 12.2. The molecule has 0 bridgehead atoms. The fourth-order valence-corrected chi connectivity index (χ4v) is 1.92. The quantitative estimate of drug-likeness (QED) is 0.515. The van der Waals surface area contributed by atoms with Crippen LogP contribution in [0, 0.1) is 6.92 Å². The lowest BCUT2D eigenvalue weighted by Gasteiger charge is -2.10. The molecule has 5 nitrogen and oxygen atoms in total. The summed E-state index contributed by atoms with van der Waals surface area (Å²) in [7, 11) is 1.68. The molecule has 0 aliphatic rings. The van der Waals surface area contributed by atoms with Crippen molar-refractivity contribution in [2.24, 2.45) is 21.6 Å². The molecular weight excluding hydrogens is 262 g/mol. The van der Waals surface area contributed by atoms with Gasteiger partial charge in [0.1, 0.15) is 6.34 Å². The second-order valence-electron chi connectivity index (χ2n) is 4.67. The summed E-state index contributed by atoms with van der Waals surface area (Å²) in [6.07, 6.45) is 1.17. The standard InChI is InChI=1S/C16H19N5/c1-12-4-3-5-14(10-12)13-6-8-15(9-7-13)20-16(18)21(2)19-11-17/h3-11H,1-2H3,(H2,17,19)(H2,18,20). The summed E-state index contributed by atoms with van der Waals surface area (Å²) in [5.41, 5.74) is 15.4. The number of nitrogens with two attached hydrogens (primary N) is 2. The molecule has 0 aromatic heterocycles. The van der Waals surface area contributed by atoms with Crippen molar-refractivity contribution in [1.82, 2.24) is 5.01 Å². The van der Waals surface area contributed by atoms with Gasteiger partial charge in [0.15, 0.2) is 0 Å². The number of aryl methyl sites for hydroxylation is 1. The SMILES string of the molecule is Cc1cccc(-c2ccc(N=C(N)N(C)/N=C/N)cc2)c1. The first-order chi connectivity index (χ1) is 10.1. The van der Waals surface area contributed by atoms with Crippen molar-refractivity contribution in [2.45, 2.75) is 6.92 Å². The minimum absolute atomic E-state index is 0.278. The van der Waals surface area contributed by atoms with Crippen LogP contribution in [0.15, 0.2) is 58.6 Å². The zero-order chi connectivity index (χ0) is 15.2. The Morgan fingerprint density at radius 1 is 1.10 bits per heavy atom. The van der Waals surface area contributed by atoms with Crippen LogP contribution in [0.2, 0.25) is 0 Å². The largest absolute Gasteiger partial charge is 0.388 e. The van der Waals surface area contributed by atoms with E-state index in [-0.39, 0.29) is 5.96 Å². The Hall–Kier alpha value is -2.82. The fraction of sp³-hybridized carbons (Fsp3) is 0.125. The Kier molecular flexibility index (Phi) is 4.56. The van der Waals surface area contributed by atoms with Crippen LogP contribution in [-0.4, -0.2) is 24.4 Å². The third-order valence-electron chi connectivity index (χ3n) is 3.03. The van der Waals surface area contributed by atoms with Crippen LogP contribution in [0.1, 0.15) is 5.56 Å². The van der Waals surface area contributed by atoms with Gasteiger partial charge in [0.2, 0.25) is 5.96 Å². The highest BCUT2D eigenvalue weighted by molar-refractivity contribution is 5.81. The fourth-order valence-electron chi connectivity index (χ4n) is 1.92. The van der Waals surface area contributed by atoms with E-state index in [1.807, 2.05) is 24.3 Å². The van der Waals surface area contributed by atoms with E-state index in [0.717, 1.165) is 11.3 Å². The van der Waals surface area contributed by atoms with Crippen LogP contribution >= 0.6 is 0 Å². The van der Waals surface area contributed by atoms with Gasteiger partial charge in [-0.15, -0.1) is 0 Å². The molecule has 0 heterocycles. The maximum Gasteiger partial charge on any atom is 0.217 e. The zero-order valence-corrected chi connectivity index (χ0v) is 12.2. The molecule has 0 aliphatic heterocycles. The maximum absolute atomic E-state index is 5.81. The van der Waals surface area contributed by atoms with Crippen LogP contribution in [0.4, 0.5) is 5.69 Å². The van der Waals surface area contributed by atoms with Crippen molar-refractivity contribution >= 4 is 18.0 Å². The molecule has 0 spiro atoms. The van der Waals surface area contributed by atoms with E-state index in [1.54, 1.807) is 7.05 Å². The van der Waals surface area contributed by atoms with Crippen molar-refractivity contribution < 1.29 is 0 Å². The number of nitrogens with zero attached hydrogens (tertiary/aromatic N) is 3. The topological polar surface area (TPSA) is 80.0 Å². The molecule has 5 heteroatoms. The first kappa shape index (κ1) is 14.6. The number of hydrazone groups is 1. The van der Waals surface area contributed by atoms with Crippen LogP contribution in [0.5, 0.6) is 0 Å². The molecule has 2 rings (SSSR count). The normalized spacial score (nSPS) is 11.8. The highest BCUT2D eigenvalue weighted by atomic mass is 15.5.